The Morgan fingerprint density at radius 3 is 3.16 bits per heavy atom. The van der Waals surface area contributed by atoms with Crippen molar-refractivity contribution < 1.29 is 9.53 Å². The Morgan fingerprint density at radius 1 is 1.44 bits per heavy atom. The van der Waals surface area contributed by atoms with Crippen molar-refractivity contribution in [3.05, 3.63) is 52.8 Å². The summed E-state index contributed by atoms with van der Waals surface area (Å²) in [5.41, 5.74) is 1.28. The van der Waals surface area contributed by atoms with Gasteiger partial charge < -0.3 is 9.64 Å². The van der Waals surface area contributed by atoms with Gasteiger partial charge in [-0.3, -0.25) is 14.9 Å². The van der Waals surface area contributed by atoms with Crippen LogP contribution in [0.3, 0.4) is 0 Å². The highest BCUT2D eigenvalue weighted by atomic mass is 35.5. The van der Waals surface area contributed by atoms with E-state index < -0.39 is 0 Å². The van der Waals surface area contributed by atoms with E-state index in [0.717, 1.165) is 17.0 Å². The van der Waals surface area contributed by atoms with Gasteiger partial charge >= 0.3 is 0 Å². The van der Waals surface area contributed by atoms with Crippen LogP contribution in [0.25, 0.3) is 10.6 Å². The smallest absolute Gasteiger partial charge is 0.274 e. The third-order valence-electron chi connectivity index (χ3n) is 4.04. The van der Waals surface area contributed by atoms with Crippen molar-refractivity contribution >= 4 is 28.8 Å². The molecule has 6 nitrogen and oxygen atoms in total. The Labute approximate surface area is 153 Å². The number of ether oxygens (including phenoxy) is 1. The normalized spacial score (nSPS) is 17.0. The molecule has 1 aliphatic rings. The van der Waals surface area contributed by atoms with Gasteiger partial charge in [-0.15, -0.1) is 11.3 Å². The van der Waals surface area contributed by atoms with Crippen LogP contribution in [0.4, 0.5) is 0 Å². The highest BCUT2D eigenvalue weighted by molar-refractivity contribution is 7.13. The number of pyridine rings is 1. The first-order valence-electron chi connectivity index (χ1n) is 7.85. The SMILES string of the molecule is O=C(c1cc(-c2cccs2)[nH]n1)N1CC[C@@H](Oc2ccncc2Cl)C1. The van der Waals surface area contributed by atoms with E-state index >= 15 is 0 Å². The van der Waals surface area contributed by atoms with Crippen LogP contribution in [-0.2, 0) is 0 Å². The van der Waals surface area contributed by atoms with Gasteiger partial charge in [0.1, 0.15) is 16.9 Å². The lowest BCUT2D eigenvalue weighted by Crippen LogP contribution is -2.31. The molecule has 1 N–H and O–H groups in total. The maximum atomic E-state index is 12.7. The van der Waals surface area contributed by atoms with E-state index in [1.54, 1.807) is 40.8 Å². The second kappa shape index (κ2) is 6.85. The number of nitrogens with one attached hydrogen (secondary N) is 1. The molecule has 0 saturated carbocycles. The number of halogens is 1. The number of aromatic amines is 1. The van der Waals surface area contributed by atoms with Crippen LogP contribution in [0.15, 0.2) is 42.0 Å². The number of H-pyrrole nitrogens is 1. The predicted octanol–water partition coefficient (Wildman–Crippen LogP) is 3.48. The Kier molecular flexibility index (Phi) is 4.42. The van der Waals surface area contributed by atoms with E-state index in [4.69, 9.17) is 16.3 Å². The van der Waals surface area contributed by atoms with Gasteiger partial charge in [-0.25, -0.2) is 0 Å². The standard InChI is InChI=1S/C17H15ClN4O2S/c18-12-9-19-5-3-15(12)24-11-4-6-22(10-11)17(23)14-8-13(20-21-14)16-2-1-7-25-16/h1-3,5,7-9,11H,4,6,10H2,(H,20,21)/t11-/m1/s1. The summed E-state index contributed by atoms with van der Waals surface area (Å²) < 4.78 is 5.89. The van der Waals surface area contributed by atoms with E-state index in [2.05, 4.69) is 15.2 Å². The molecule has 1 aliphatic heterocycles. The quantitative estimate of drug-likeness (QED) is 0.758. The third-order valence-corrected chi connectivity index (χ3v) is 5.23. The summed E-state index contributed by atoms with van der Waals surface area (Å²) in [5, 5.41) is 9.55. The van der Waals surface area contributed by atoms with Gasteiger partial charge in [-0.1, -0.05) is 17.7 Å². The molecule has 0 unspecified atom stereocenters. The number of rotatable bonds is 4. The predicted molar refractivity (Wildman–Crippen MR) is 96.1 cm³/mol. The monoisotopic (exact) mass is 374 g/mol. The molecule has 0 aliphatic carbocycles. The lowest BCUT2D eigenvalue weighted by Gasteiger charge is -2.16. The number of hydrogen-bond donors (Lipinski definition) is 1. The van der Waals surface area contributed by atoms with Crippen molar-refractivity contribution in [2.24, 2.45) is 0 Å². The van der Waals surface area contributed by atoms with E-state index in [0.29, 0.717) is 29.6 Å². The van der Waals surface area contributed by atoms with Gasteiger partial charge in [-0.05, 0) is 17.5 Å². The minimum absolute atomic E-state index is 0.0837. The summed E-state index contributed by atoms with van der Waals surface area (Å²) in [6.07, 6.45) is 3.85. The molecule has 1 atom stereocenters. The molecule has 4 rings (SSSR count). The minimum Gasteiger partial charge on any atom is -0.487 e. The average Bonchev–Trinajstić information content (AvgIpc) is 3.37. The zero-order valence-electron chi connectivity index (χ0n) is 13.2. The molecule has 0 bridgehead atoms. The zero-order valence-corrected chi connectivity index (χ0v) is 14.8. The van der Waals surface area contributed by atoms with E-state index in [9.17, 15) is 4.79 Å². The number of thiophene rings is 1. The number of nitrogens with zero attached hydrogens (tertiary/aromatic N) is 3. The molecule has 0 radical (unpaired) electrons. The molecule has 1 amide bonds. The zero-order chi connectivity index (χ0) is 17.2. The molecule has 4 heterocycles. The first-order chi connectivity index (χ1) is 12.2. The number of carbonyl (C=O) groups is 1. The number of likely N-dealkylation sites (tertiary alicyclic amines) is 1. The highest BCUT2D eigenvalue weighted by Crippen LogP contribution is 2.27. The van der Waals surface area contributed by atoms with Crippen LogP contribution in [0, 0.1) is 0 Å². The largest absolute Gasteiger partial charge is 0.487 e. The molecular formula is C17H15ClN4O2S. The molecule has 0 aromatic carbocycles. The minimum atomic E-state index is -0.0917. The summed E-state index contributed by atoms with van der Waals surface area (Å²) in [4.78, 5) is 19.4. The average molecular weight is 375 g/mol. The van der Waals surface area contributed by atoms with Crippen LogP contribution in [-0.4, -0.2) is 45.2 Å². The van der Waals surface area contributed by atoms with Gasteiger partial charge in [0, 0.05) is 31.4 Å². The van der Waals surface area contributed by atoms with Crippen molar-refractivity contribution in [3.8, 4) is 16.3 Å². The van der Waals surface area contributed by atoms with Crippen molar-refractivity contribution in [2.75, 3.05) is 13.1 Å². The van der Waals surface area contributed by atoms with Crippen LogP contribution < -0.4 is 4.74 Å². The summed E-state index contributed by atoms with van der Waals surface area (Å²) in [6.45, 7) is 1.14. The molecule has 25 heavy (non-hydrogen) atoms. The summed E-state index contributed by atoms with van der Waals surface area (Å²) in [6, 6.07) is 7.48. The molecule has 3 aromatic heterocycles. The van der Waals surface area contributed by atoms with Crippen LogP contribution in [0.1, 0.15) is 16.9 Å². The Bertz CT molecular complexity index is 880. The maximum absolute atomic E-state index is 12.7. The Morgan fingerprint density at radius 2 is 2.36 bits per heavy atom. The fourth-order valence-electron chi connectivity index (χ4n) is 2.80. The number of amides is 1. The summed E-state index contributed by atoms with van der Waals surface area (Å²) in [5.74, 6) is 0.502. The molecule has 128 valence electrons. The van der Waals surface area contributed by atoms with Crippen LogP contribution in [0.2, 0.25) is 5.02 Å². The third kappa shape index (κ3) is 3.38. The van der Waals surface area contributed by atoms with Gasteiger partial charge in [0.05, 0.1) is 17.1 Å². The van der Waals surface area contributed by atoms with Crippen molar-refractivity contribution in [1.82, 2.24) is 20.1 Å². The van der Waals surface area contributed by atoms with Crippen LogP contribution in [0.5, 0.6) is 5.75 Å². The molecule has 1 fully saturated rings. The fraction of sp³-hybridized carbons (Fsp3) is 0.235. The summed E-state index contributed by atoms with van der Waals surface area (Å²) >= 11 is 7.67. The first kappa shape index (κ1) is 16.1. The molecular weight excluding hydrogens is 360 g/mol. The Balaban J connectivity index is 1.41. The number of aromatic nitrogens is 3. The first-order valence-corrected chi connectivity index (χ1v) is 9.11. The van der Waals surface area contributed by atoms with Crippen molar-refractivity contribution in [3.63, 3.8) is 0 Å². The molecule has 8 heteroatoms. The highest BCUT2D eigenvalue weighted by Gasteiger charge is 2.30. The maximum Gasteiger partial charge on any atom is 0.274 e. The van der Waals surface area contributed by atoms with Gasteiger partial charge in [0.15, 0.2) is 5.69 Å². The van der Waals surface area contributed by atoms with Crippen LogP contribution >= 0.6 is 22.9 Å². The second-order valence-corrected chi connectivity index (χ2v) is 7.08. The molecule has 0 spiro atoms. The van der Waals surface area contributed by atoms with Crippen molar-refractivity contribution in [1.29, 1.82) is 0 Å². The molecule has 1 saturated heterocycles. The van der Waals surface area contributed by atoms with Gasteiger partial charge in [-0.2, -0.15) is 5.10 Å². The summed E-state index contributed by atoms with van der Waals surface area (Å²) in [7, 11) is 0. The van der Waals surface area contributed by atoms with Crippen molar-refractivity contribution in [2.45, 2.75) is 12.5 Å². The number of hydrogen-bond acceptors (Lipinski definition) is 5. The Hall–Kier alpha value is -2.38. The topological polar surface area (TPSA) is 71.1 Å². The van der Waals surface area contributed by atoms with Gasteiger partial charge in [0.2, 0.25) is 0 Å². The number of carbonyl (C=O) groups excluding carboxylic acids is 1. The van der Waals surface area contributed by atoms with E-state index in [-0.39, 0.29) is 12.0 Å². The molecule has 3 aromatic rings. The van der Waals surface area contributed by atoms with E-state index in [1.807, 2.05) is 17.5 Å². The fourth-order valence-corrected chi connectivity index (χ4v) is 3.65. The van der Waals surface area contributed by atoms with Gasteiger partial charge in [0.25, 0.3) is 5.91 Å². The second-order valence-electron chi connectivity index (χ2n) is 5.73. The lowest BCUT2D eigenvalue weighted by atomic mass is 10.3. The lowest BCUT2D eigenvalue weighted by molar-refractivity contribution is 0.0766. The van der Waals surface area contributed by atoms with E-state index in [1.165, 1.54) is 0 Å².